The van der Waals surface area contributed by atoms with Gasteiger partial charge in [0.25, 0.3) is 5.91 Å². The van der Waals surface area contributed by atoms with E-state index in [1.165, 1.54) is 0 Å². The number of carbonyl (C=O) groups excluding carboxylic acids is 2. The Kier molecular flexibility index (Phi) is 6.61. The number of esters is 1. The highest BCUT2D eigenvalue weighted by molar-refractivity contribution is 5.97. The molecule has 0 saturated heterocycles. The van der Waals surface area contributed by atoms with Crippen molar-refractivity contribution < 1.29 is 23.1 Å². The first-order valence-electron chi connectivity index (χ1n) is 8.24. The first kappa shape index (κ1) is 20.0. The Morgan fingerprint density at radius 3 is 2.22 bits per heavy atom. The van der Waals surface area contributed by atoms with E-state index in [-0.39, 0.29) is 12.5 Å². The van der Waals surface area contributed by atoms with Crippen LogP contribution in [0.15, 0.2) is 42.5 Å². The van der Waals surface area contributed by atoms with Gasteiger partial charge in [-0.2, -0.15) is 5.26 Å². The molecular weight excluding hydrogens is 354 g/mol. The van der Waals surface area contributed by atoms with E-state index >= 15 is 0 Å². The van der Waals surface area contributed by atoms with E-state index in [0.717, 1.165) is 18.2 Å². The number of hydrogen-bond acceptors (Lipinski definition) is 4. The quantitative estimate of drug-likeness (QED) is 0.789. The van der Waals surface area contributed by atoms with Crippen molar-refractivity contribution in [2.75, 3.05) is 0 Å². The molecule has 0 fully saturated rings. The van der Waals surface area contributed by atoms with Gasteiger partial charge in [-0.25, -0.2) is 13.6 Å². The molecule has 0 aromatic heterocycles. The monoisotopic (exact) mass is 372 g/mol. The molecule has 1 atom stereocenters. The zero-order chi connectivity index (χ0) is 20.0. The summed E-state index contributed by atoms with van der Waals surface area (Å²) in [5.74, 6) is -4.14. The maximum absolute atomic E-state index is 13.7. The van der Waals surface area contributed by atoms with E-state index in [4.69, 9.17) is 10.00 Å². The SMILES string of the molecule is CC(C)[C@H](NC(=O)c1c(F)cccc1F)C(=O)OCc1ccc(C#N)cc1. The molecule has 140 valence electrons. The highest BCUT2D eigenvalue weighted by Crippen LogP contribution is 2.14. The van der Waals surface area contributed by atoms with Gasteiger partial charge in [-0.1, -0.05) is 32.0 Å². The van der Waals surface area contributed by atoms with Crippen molar-refractivity contribution in [3.8, 4) is 6.07 Å². The van der Waals surface area contributed by atoms with Crippen LogP contribution in [-0.2, 0) is 16.1 Å². The number of amides is 1. The zero-order valence-corrected chi connectivity index (χ0v) is 14.8. The summed E-state index contributed by atoms with van der Waals surface area (Å²) in [7, 11) is 0. The Balaban J connectivity index is 2.06. The fourth-order valence-electron chi connectivity index (χ4n) is 2.35. The Hall–Kier alpha value is -3.27. The minimum Gasteiger partial charge on any atom is -0.459 e. The van der Waals surface area contributed by atoms with Crippen molar-refractivity contribution in [3.05, 3.63) is 70.8 Å². The van der Waals surface area contributed by atoms with Gasteiger partial charge in [-0.15, -0.1) is 0 Å². The van der Waals surface area contributed by atoms with Crippen LogP contribution in [0.5, 0.6) is 0 Å². The lowest BCUT2D eigenvalue weighted by Crippen LogP contribution is -2.45. The molecule has 0 radical (unpaired) electrons. The summed E-state index contributed by atoms with van der Waals surface area (Å²) in [6.45, 7) is 3.29. The largest absolute Gasteiger partial charge is 0.459 e. The minimum absolute atomic E-state index is 0.0578. The molecule has 27 heavy (non-hydrogen) atoms. The van der Waals surface area contributed by atoms with Gasteiger partial charge in [0.15, 0.2) is 0 Å². The van der Waals surface area contributed by atoms with Gasteiger partial charge < -0.3 is 10.1 Å². The van der Waals surface area contributed by atoms with Gasteiger partial charge in [-0.3, -0.25) is 4.79 Å². The predicted molar refractivity (Wildman–Crippen MR) is 93.4 cm³/mol. The third kappa shape index (κ3) is 5.11. The molecule has 0 heterocycles. The first-order valence-corrected chi connectivity index (χ1v) is 8.24. The van der Waals surface area contributed by atoms with Crippen LogP contribution in [0.3, 0.4) is 0 Å². The lowest BCUT2D eigenvalue weighted by molar-refractivity contribution is -0.148. The molecule has 1 amide bonds. The summed E-state index contributed by atoms with van der Waals surface area (Å²) in [6.07, 6.45) is 0. The van der Waals surface area contributed by atoms with Gasteiger partial charge in [0.05, 0.1) is 11.6 Å². The van der Waals surface area contributed by atoms with Crippen LogP contribution in [0.1, 0.15) is 35.3 Å². The van der Waals surface area contributed by atoms with Crippen molar-refractivity contribution in [3.63, 3.8) is 0 Å². The molecule has 2 aromatic carbocycles. The van der Waals surface area contributed by atoms with E-state index < -0.39 is 35.1 Å². The molecular formula is C20H18F2N2O3. The van der Waals surface area contributed by atoms with Crippen LogP contribution in [-0.4, -0.2) is 17.9 Å². The molecule has 0 aliphatic rings. The van der Waals surface area contributed by atoms with E-state index in [0.29, 0.717) is 11.1 Å². The number of nitrogens with one attached hydrogen (secondary N) is 1. The van der Waals surface area contributed by atoms with Gasteiger partial charge in [0.2, 0.25) is 0 Å². The maximum atomic E-state index is 13.7. The molecule has 1 N–H and O–H groups in total. The minimum atomic E-state index is -1.07. The number of benzene rings is 2. The molecule has 0 unspecified atom stereocenters. The van der Waals surface area contributed by atoms with Gasteiger partial charge in [0, 0.05) is 0 Å². The van der Waals surface area contributed by atoms with Crippen molar-refractivity contribution in [1.29, 1.82) is 5.26 Å². The molecule has 0 saturated carbocycles. The van der Waals surface area contributed by atoms with Crippen molar-refractivity contribution >= 4 is 11.9 Å². The summed E-state index contributed by atoms with van der Waals surface area (Å²) in [5.41, 5.74) is 0.392. The van der Waals surface area contributed by atoms with Crippen LogP contribution in [0.25, 0.3) is 0 Å². The molecule has 2 rings (SSSR count). The van der Waals surface area contributed by atoms with E-state index in [2.05, 4.69) is 5.32 Å². The average Bonchev–Trinajstić information content (AvgIpc) is 2.64. The average molecular weight is 372 g/mol. The second kappa shape index (κ2) is 8.90. The van der Waals surface area contributed by atoms with Crippen LogP contribution in [0.4, 0.5) is 8.78 Å². The van der Waals surface area contributed by atoms with E-state index in [1.807, 2.05) is 6.07 Å². The predicted octanol–water partition coefficient (Wildman–Crippen LogP) is 3.33. The molecule has 5 nitrogen and oxygen atoms in total. The normalized spacial score (nSPS) is 11.6. The number of halogens is 2. The number of ether oxygens (including phenoxy) is 1. The molecule has 7 heteroatoms. The van der Waals surface area contributed by atoms with Crippen LogP contribution in [0.2, 0.25) is 0 Å². The number of nitriles is 1. The van der Waals surface area contributed by atoms with Crippen LogP contribution < -0.4 is 5.32 Å². The van der Waals surface area contributed by atoms with E-state index in [9.17, 15) is 18.4 Å². The van der Waals surface area contributed by atoms with Crippen LogP contribution >= 0.6 is 0 Å². The molecule has 2 aromatic rings. The summed E-state index contributed by atoms with van der Waals surface area (Å²) < 4.78 is 32.7. The highest BCUT2D eigenvalue weighted by Gasteiger charge is 2.28. The Morgan fingerprint density at radius 1 is 1.11 bits per heavy atom. The fraction of sp³-hybridized carbons (Fsp3) is 0.250. The molecule has 0 aliphatic carbocycles. The summed E-state index contributed by atoms with van der Waals surface area (Å²) in [6, 6.07) is 10.4. The van der Waals surface area contributed by atoms with Crippen molar-refractivity contribution in [1.82, 2.24) is 5.32 Å². The number of carbonyl (C=O) groups is 2. The molecule has 0 spiro atoms. The smallest absolute Gasteiger partial charge is 0.329 e. The lowest BCUT2D eigenvalue weighted by Gasteiger charge is -2.21. The van der Waals surface area contributed by atoms with Crippen LogP contribution in [0, 0.1) is 28.9 Å². The summed E-state index contributed by atoms with van der Waals surface area (Å²) in [5, 5.41) is 11.1. The maximum Gasteiger partial charge on any atom is 0.329 e. The molecule has 0 aliphatic heterocycles. The van der Waals surface area contributed by atoms with Gasteiger partial charge in [0.1, 0.15) is 29.8 Å². The summed E-state index contributed by atoms with van der Waals surface area (Å²) >= 11 is 0. The Bertz CT molecular complexity index is 854. The highest BCUT2D eigenvalue weighted by atomic mass is 19.1. The molecule has 0 bridgehead atoms. The van der Waals surface area contributed by atoms with Crippen molar-refractivity contribution in [2.45, 2.75) is 26.5 Å². The first-order chi connectivity index (χ1) is 12.8. The number of rotatable bonds is 6. The lowest BCUT2D eigenvalue weighted by atomic mass is 10.0. The zero-order valence-electron chi connectivity index (χ0n) is 14.8. The second-order valence-corrected chi connectivity index (χ2v) is 6.21. The fourth-order valence-corrected chi connectivity index (χ4v) is 2.35. The third-order valence-electron chi connectivity index (χ3n) is 3.86. The number of nitrogens with zero attached hydrogens (tertiary/aromatic N) is 1. The Morgan fingerprint density at radius 2 is 1.70 bits per heavy atom. The van der Waals surface area contributed by atoms with E-state index in [1.54, 1.807) is 38.1 Å². The number of hydrogen-bond donors (Lipinski definition) is 1. The standard InChI is InChI=1S/C20H18F2N2O3/c1-12(2)18(24-19(25)17-15(21)4-3-5-16(17)22)20(26)27-11-14-8-6-13(10-23)7-9-14/h3-9,12,18H,11H2,1-2H3,(H,24,25)/t18-/m0/s1. The van der Waals surface area contributed by atoms with Gasteiger partial charge >= 0.3 is 5.97 Å². The van der Waals surface area contributed by atoms with Crippen molar-refractivity contribution in [2.24, 2.45) is 5.92 Å². The second-order valence-electron chi connectivity index (χ2n) is 6.21. The third-order valence-corrected chi connectivity index (χ3v) is 3.86. The van der Waals surface area contributed by atoms with Gasteiger partial charge in [-0.05, 0) is 35.7 Å². The summed E-state index contributed by atoms with van der Waals surface area (Å²) in [4.78, 5) is 24.6. The topological polar surface area (TPSA) is 79.2 Å². The Labute approximate surface area is 155 Å².